The van der Waals surface area contributed by atoms with Gasteiger partial charge in [-0.05, 0) is 30.6 Å². The van der Waals surface area contributed by atoms with Crippen LogP contribution in [0.4, 0.5) is 0 Å². The third-order valence-corrected chi connectivity index (χ3v) is 3.90. The van der Waals surface area contributed by atoms with Crippen LogP contribution >= 0.6 is 0 Å². The molecule has 0 aromatic carbocycles. The number of terminal acetylenes is 1. The lowest BCUT2D eigenvalue weighted by atomic mass is 9.69. The Balaban J connectivity index is 2.64. The van der Waals surface area contributed by atoms with E-state index < -0.39 is 0 Å². The van der Waals surface area contributed by atoms with Crippen molar-refractivity contribution in [2.45, 2.75) is 71.9 Å². The lowest BCUT2D eigenvalue weighted by molar-refractivity contribution is 0.127. The average molecular weight is 221 g/mol. The molecule has 1 aliphatic rings. The highest BCUT2D eigenvalue weighted by molar-refractivity contribution is 5.01. The van der Waals surface area contributed by atoms with Crippen molar-refractivity contribution < 1.29 is 0 Å². The van der Waals surface area contributed by atoms with Gasteiger partial charge in [-0.1, -0.05) is 46.5 Å². The number of hydrogen-bond acceptors (Lipinski definition) is 1. The Labute approximate surface area is 101 Å². The highest BCUT2D eigenvalue weighted by Gasteiger charge is 2.34. The van der Waals surface area contributed by atoms with Gasteiger partial charge in [0.1, 0.15) is 0 Å². The van der Waals surface area contributed by atoms with Crippen molar-refractivity contribution in [3.63, 3.8) is 0 Å². The van der Waals surface area contributed by atoms with E-state index in [0.29, 0.717) is 11.5 Å². The fourth-order valence-electron chi connectivity index (χ4n) is 2.91. The second-order valence-corrected chi connectivity index (χ2v) is 6.16. The molecule has 1 N–H and O–H groups in total. The van der Waals surface area contributed by atoms with Gasteiger partial charge in [-0.25, -0.2) is 0 Å². The summed E-state index contributed by atoms with van der Waals surface area (Å²) in [5.74, 6) is 3.63. The van der Waals surface area contributed by atoms with Gasteiger partial charge in [0.2, 0.25) is 0 Å². The lowest BCUT2D eigenvalue weighted by Crippen LogP contribution is -2.47. The molecule has 16 heavy (non-hydrogen) atoms. The molecule has 0 spiro atoms. The second kappa shape index (κ2) is 5.73. The van der Waals surface area contributed by atoms with Gasteiger partial charge in [0.05, 0.1) is 6.04 Å². The molecule has 1 fully saturated rings. The zero-order valence-corrected chi connectivity index (χ0v) is 11.3. The molecule has 1 heteroatoms. The molecular weight excluding hydrogens is 194 g/mol. The molecule has 3 atom stereocenters. The van der Waals surface area contributed by atoms with Crippen LogP contribution in [0.5, 0.6) is 0 Å². The number of nitrogens with one attached hydrogen (secondary N) is 1. The van der Waals surface area contributed by atoms with Gasteiger partial charge in [-0.15, -0.1) is 6.42 Å². The third kappa shape index (κ3) is 3.52. The van der Waals surface area contributed by atoms with E-state index in [1.54, 1.807) is 0 Å². The van der Waals surface area contributed by atoms with Gasteiger partial charge >= 0.3 is 0 Å². The van der Waals surface area contributed by atoms with E-state index in [9.17, 15) is 0 Å². The Kier molecular flexibility index (Phi) is 4.87. The molecule has 0 saturated heterocycles. The van der Waals surface area contributed by atoms with Gasteiger partial charge in [0.25, 0.3) is 0 Å². The molecule has 0 bridgehead atoms. The van der Waals surface area contributed by atoms with Crippen LogP contribution in [0.1, 0.15) is 59.8 Å². The fraction of sp³-hybridized carbons (Fsp3) is 0.867. The molecule has 0 heterocycles. The molecule has 0 aliphatic heterocycles. The lowest BCUT2D eigenvalue weighted by Gasteiger charge is -2.41. The zero-order chi connectivity index (χ0) is 12.2. The van der Waals surface area contributed by atoms with Crippen molar-refractivity contribution in [3.8, 4) is 12.3 Å². The van der Waals surface area contributed by atoms with E-state index in [1.807, 2.05) is 0 Å². The highest BCUT2D eigenvalue weighted by Crippen LogP contribution is 2.38. The summed E-state index contributed by atoms with van der Waals surface area (Å²) >= 11 is 0. The van der Waals surface area contributed by atoms with Crippen molar-refractivity contribution in [3.05, 3.63) is 0 Å². The van der Waals surface area contributed by atoms with Gasteiger partial charge < -0.3 is 5.32 Å². The summed E-state index contributed by atoms with van der Waals surface area (Å²) in [6, 6.07) is 0.878. The molecule has 0 amide bonds. The van der Waals surface area contributed by atoms with Crippen LogP contribution in [0, 0.1) is 23.7 Å². The SMILES string of the molecule is C#CC(CC)NC1CCCCC1C(C)(C)C. The third-order valence-electron chi connectivity index (χ3n) is 3.90. The standard InChI is InChI=1S/C15H27N/c1-6-12(7-2)16-14-11-9-8-10-13(14)15(3,4)5/h1,12-14,16H,7-11H2,2-5H3. The normalized spacial score (nSPS) is 28.4. The Hall–Kier alpha value is -0.480. The maximum absolute atomic E-state index is 5.54. The second-order valence-electron chi connectivity index (χ2n) is 6.16. The molecular formula is C15H27N. The summed E-state index contributed by atoms with van der Waals surface area (Å²) < 4.78 is 0. The molecule has 1 aliphatic carbocycles. The highest BCUT2D eigenvalue weighted by atomic mass is 15.0. The average Bonchev–Trinajstić information content (AvgIpc) is 2.25. The van der Waals surface area contributed by atoms with Crippen LogP contribution in [0.3, 0.4) is 0 Å². The van der Waals surface area contributed by atoms with Gasteiger partial charge in [0.15, 0.2) is 0 Å². The van der Waals surface area contributed by atoms with Crippen LogP contribution in [-0.2, 0) is 0 Å². The predicted octanol–water partition coefficient (Wildman–Crippen LogP) is 3.59. The maximum Gasteiger partial charge on any atom is 0.0686 e. The quantitative estimate of drug-likeness (QED) is 0.718. The van der Waals surface area contributed by atoms with Crippen LogP contribution in [-0.4, -0.2) is 12.1 Å². The smallest absolute Gasteiger partial charge is 0.0686 e. The van der Waals surface area contributed by atoms with Crippen LogP contribution in [0.2, 0.25) is 0 Å². The molecule has 0 radical (unpaired) electrons. The molecule has 92 valence electrons. The van der Waals surface area contributed by atoms with Crippen LogP contribution in [0.25, 0.3) is 0 Å². The van der Waals surface area contributed by atoms with Gasteiger partial charge in [-0.2, -0.15) is 0 Å². The van der Waals surface area contributed by atoms with Crippen molar-refractivity contribution in [2.24, 2.45) is 11.3 Å². The minimum absolute atomic E-state index is 0.257. The van der Waals surface area contributed by atoms with E-state index in [4.69, 9.17) is 6.42 Å². The van der Waals surface area contributed by atoms with E-state index in [-0.39, 0.29) is 6.04 Å². The summed E-state index contributed by atoms with van der Waals surface area (Å²) in [5.41, 5.74) is 0.394. The molecule has 1 rings (SSSR count). The maximum atomic E-state index is 5.54. The van der Waals surface area contributed by atoms with E-state index in [0.717, 1.165) is 12.3 Å². The summed E-state index contributed by atoms with van der Waals surface area (Å²) in [4.78, 5) is 0. The zero-order valence-electron chi connectivity index (χ0n) is 11.3. The first-order valence-corrected chi connectivity index (χ1v) is 6.71. The molecule has 0 aromatic rings. The molecule has 1 nitrogen and oxygen atoms in total. The first-order chi connectivity index (χ1) is 7.49. The minimum Gasteiger partial charge on any atom is -0.301 e. The minimum atomic E-state index is 0.257. The topological polar surface area (TPSA) is 12.0 Å². The Morgan fingerprint density at radius 3 is 2.44 bits per heavy atom. The van der Waals surface area contributed by atoms with Gasteiger partial charge in [-0.3, -0.25) is 0 Å². The van der Waals surface area contributed by atoms with Gasteiger partial charge in [0, 0.05) is 6.04 Å². The summed E-state index contributed by atoms with van der Waals surface area (Å²) in [7, 11) is 0. The largest absolute Gasteiger partial charge is 0.301 e. The summed E-state index contributed by atoms with van der Waals surface area (Å²) in [5, 5.41) is 3.68. The van der Waals surface area contributed by atoms with Crippen LogP contribution < -0.4 is 5.32 Å². The molecule has 1 saturated carbocycles. The number of rotatable bonds is 3. The predicted molar refractivity (Wildman–Crippen MR) is 71.2 cm³/mol. The van der Waals surface area contributed by atoms with Crippen molar-refractivity contribution >= 4 is 0 Å². The Bertz CT molecular complexity index is 243. The summed E-state index contributed by atoms with van der Waals surface area (Å²) in [6.07, 6.45) is 11.9. The molecule has 0 aromatic heterocycles. The monoisotopic (exact) mass is 221 g/mol. The fourth-order valence-corrected chi connectivity index (χ4v) is 2.91. The van der Waals surface area contributed by atoms with E-state index in [2.05, 4.69) is 38.9 Å². The van der Waals surface area contributed by atoms with E-state index >= 15 is 0 Å². The molecule has 3 unspecified atom stereocenters. The first-order valence-electron chi connectivity index (χ1n) is 6.71. The van der Waals surface area contributed by atoms with Crippen molar-refractivity contribution in [1.82, 2.24) is 5.32 Å². The number of hydrogen-bond donors (Lipinski definition) is 1. The van der Waals surface area contributed by atoms with E-state index in [1.165, 1.54) is 25.7 Å². The summed E-state index contributed by atoms with van der Waals surface area (Å²) in [6.45, 7) is 9.23. The Morgan fingerprint density at radius 2 is 1.94 bits per heavy atom. The Morgan fingerprint density at radius 1 is 1.31 bits per heavy atom. The van der Waals surface area contributed by atoms with Crippen molar-refractivity contribution in [1.29, 1.82) is 0 Å². The van der Waals surface area contributed by atoms with Crippen LogP contribution in [0.15, 0.2) is 0 Å². The van der Waals surface area contributed by atoms with Crippen molar-refractivity contribution in [2.75, 3.05) is 0 Å². The first kappa shape index (κ1) is 13.6.